The van der Waals surface area contributed by atoms with E-state index in [2.05, 4.69) is 18.4 Å². The number of hydrogen-bond acceptors (Lipinski definition) is 5. The molecule has 5 heteroatoms. The first kappa shape index (κ1) is 17.2. The Kier molecular flexibility index (Phi) is 5.93. The third-order valence-corrected chi connectivity index (χ3v) is 3.85. The molecule has 0 aliphatic rings. The minimum absolute atomic E-state index is 0.371. The van der Waals surface area contributed by atoms with Crippen molar-refractivity contribution >= 4 is 34.8 Å². The predicted octanol–water partition coefficient (Wildman–Crippen LogP) is 4.42. The SMILES string of the molecule is C=CC(=O)OCCCN(CC)c1cc(=S)oc2c(C)cccc12. The van der Waals surface area contributed by atoms with Gasteiger partial charge in [0.05, 0.1) is 12.3 Å². The highest BCUT2D eigenvalue weighted by atomic mass is 32.1. The number of esters is 1. The van der Waals surface area contributed by atoms with Gasteiger partial charge < -0.3 is 14.1 Å². The number of fused-ring (bicyclic) bond motifs is 1. The average Bonchev–Trinajstić information content (AvgIpc) is 2.55. The van der Waals surface area contributed by atoms with E-state index < -0.39 is 0 Å². The molecule has 4 nitrogen and oxygen atoms in total. The molecule has 0 aliphatic carbocycles. The van der Waals surface area contributed by atoms with E-state index in [0.717, 1.165) is 41.7 Å². The number of carbonyl (C=O) groups is 1. The molecule has 0 aliphatic heterocycles. The van der Waals surface area contributed by atoms with Crippen LogP contribution in [0, 0.1) is 11.6 Å². The molecular formula is C18H21NO3S. The van der Waals surface area contributed by atoms with Gasteiger partial charge in [-0.25, -0.2) is 4.79 Å². The zero-order chi connectivity index (χ0) is 16.8. The summed E-state index contributed by atoms with van der Waals surface area (Å²) in [5.41, 5.74) is 2.94. The van der Waals surface area contributed by atoms with Gasteiger partial charge in [-0.3, -0.25) is 0 Å². The molecule has 1 aromatic carbocycles. The standard InChI is InChI=1S/C18H21NO3S/c1-4-16(20)21-11-7-10-19(5-2)15-12-17(23)22-18-13(3)8-6-9-14(15)18/h4,6,8-9,12H,1,5,7,10-11H2,2-3H3. The van der Waals surface area contributed by atoms with Crippen LogP contribution in [0.1, 0.15) is 18.9 Å². The fraction of sp³-hybridized carbons (Fsp3) is 0.333. The Morgan fingerprint density at radius 1 is 1.48 bits per heavy atom. The minimum Gasteiger partial charge on any atom is -0.462 e. The molecule has 122 valence electrons. The molecule has 0 saturated carbocycles. The van der Waals surface area contributed by atoms with Gasteiger partial charge in [-0.05, 0) is 44.1 Å². The molecule has 0 saturated heterocycles. The smallest absolute Gasteiger partial charge is 0.330 e. The number of para-hydroxylation sites is 1. The van der Waals surface area contributed by atoms with Crippen molar-refractivity contribution in [1.82, 2.24) is 0 Å². The highest BCUT2D eigenvalue weighted by Crippen LogP contribution is 2.29. The molecule has 0 spiro atoms. The lowest BCUT2D eigenvalue weighted by molar-refractivity contribution is -0.137. The van der Waals surface area contributed by atoms with E-state index >= 15 is 0 Å². The van der Waals surface area contributed by atoms with Gasteiger partial charge in [0.1, 0.15) is 5.58 Å². The molecule has 23 heavy (non-hydrogen) atoms. The van der Waals surface area contributed by atoms with Crippen LogP contribution in [0.15, 0.2) is 41.3 Å². The number of aryl methyl sites for hydroxylation is 1. The Labute approximate surface area is 141 Å². The molecular weight excluding hydrogens is 310 g/mol. The van der Waals surface area contributed by atoms with Gasteiger partial charge >= 0.3 is 5.97 Å². The fourth-order valence-electron chi connectivity index (χ4n) is 2.51. The van der Waals surface area contributed by atoms with Crippen molar-refractivity contribution in [3.63, 3.8) is 0 Å². The molecule has 2 rings (SSSR count). The van der Waals surface area contributed by atoms with Crippen LogP contribution in [0.2, 0.25) is 0 Å². The van der Waals surface area contributed by atoms with Crippen molar-refractivity contribution in [3.8, 4) is 0 Å². The number of rotatable bonds is 7. The third kappa shape index (κ3) is 4.20. The molecule has 0 fully saturated rings. The third-order valence-electron chi connectivity index (χ3n) is 3.65. The van der Waals surface area contributed by atoms with E-state index in [0.29, 0.717) is 11.3 Å². The molecule has 0 unspecified atom stereocenters. The van der Waals surface area contributed by atoms with Gasteiger partial charge in [-0.2, -0.15) is 0 Å². The van der Waals surface area contributed by atoms with Crippen LogP contribution in [-0.4, -0.2) is 25.7 Å². The summed E-state index contributed by atoms with van der Waals surface area (Å²) in [4.78, 5) is 13.3. The number of ether oxygens (including phenoxy) is 1. The van der Waals surface area contributed by atoms with Crippen LogP contribution < -0.4 is 4.90 Å². The van der Waals surface area contributed by atoms with Crippen LogP contribution in [0.5, 0.6) is 0 Å². The first-order valence-electron chi connectivity index (χ1n) is 7.64. The summed E-state index contributed by atoms with van der Waals surface area (Å²) < 4.78 is 11.2. The van der Waals surface area contributed by atoms with E-state index in [-0.39, 0.29) is 5.97 Å². The van der Waals surface area contributed by atoms with E-state index in [1.165, 1.54) is 6.08 Å². The van der Waals surface area contributed by atoms with E-state index in [1.807, 2.05) is 31.2 Å². The zero-order valence-electron chi connectivity index (χ0n) is 13.5. The number of nitrogens with zero attached hydrogens (tertiary/aromatic N) is 1. The van der Waals surface area contributed by atoms with Crippen molar-refractivity contribution < 1.29 is 13.9 Å². The van der Waals surface area contributed by atoms with Gasteiger partial charge in [-0.15, -0.1) is 0 Å². The van der Waals surface area contributed by atoms with Crippen molar-refractivity contribution in [2.75, 3.05) is 24.6 Å². The molecule has 0 radical (unpaired) electrons. The minimum atomic E-state index is -0.388. The number of hydrogen-bond donors (Lipinski definition) is 0. The summed E-state index contributed by atoms with van der Waals surface area (Å²) in [6.45, 7) is 9.45. The normalized spacial score (nSPS) is 10.5. The maximum atomic E-state index is 11.1. The van der Waals surface area contributed by atoms with Crippen LogP contribution in [0.25, 0.3) is 11.0 Å². The maximum absolute atomic E-state index is 11.1. The fourth-order valence-corrected chi connectivity index (χ4v) is 2.70. The van der Waals surface area contributed by atoms with E-state index in [1.54, 1.807) is 0 Å². The van der Waals surface area contributed by atoms with Crippen LogP contribution in [0.4, 0.5) is 5.69 Å². The second kappa shape index (κ2) is 7.92. The number of carbonyl (C=O) groups excluding carboxylic acids is 1. The van der Waals surface area contributed by atoms with Crippen molar-refractivity contribution in [3.05, 3.63) is 47.2 Å². The molecule has 0 atom stereocenters. The summed E-state index contributed by atoms with van der Waals surface area (Å²) in [5, 5.41) is 1.04. The Hall–Kier alpha value is -2.14. The summed E-state index contributed by atoms with van der Waals surface area (Å²) in [7, 11) is 0. The van der Waals surface area contributed by atoms with Gasteiger partial charge in [-0.1, -0.05) is 18.7 Å². The van der Waals surface area contributed by atoms with Crippen molar-refractivity contribution in [2.24, 2.45) is 0 Å². The Bertz CT molecular complexity index is 766. The molecule has 0 bridgehead atoms. The lowest BCUT2D eigenvalue weighted by Gasteiger charge is -2.24. The first-order valence-corrected chi connectivity index (χ1v) is 8.05. The Morgan fingerprint density at radius 3 is 2.96 bits per heavy atom. The molecule has 1 heterocycles. The van der Waals surface area contributed by atoms with Gasteiger partial charge in [0.15, 0.2) is 4.71 Å². The quantitative estimate of drug-likeness (QED) is 0.325. The van der Waals surface area contributed by atoms with Gasteiger partial charge in [0.2, 0.25) is 0 Å². The summed E-state index contributed by atoms with van der Waals surface area (Å²) >= 11 is 5.27. The zero-order valence-corrected chi connectivity index (χ0v) is 14.3. The van der Waals surface area contributed by atoms with E-state index in [9.17, 15) is 4.79 Å². The second-order valence-electron chi connectivity index (χ2n) is 5.21. The van der Waals surface area contributed by atoms with Crippen LogP contribution in [0.3, 0.4) is 0 Å². The Morgan fingerprint density at radius 2 is 2.26 bits per heavy atom. The van der Waals surface area contributed by atoms with Gasteiger partial charge in [0.25, 0.3) is 0 Å². The molecule has 0 amide bonds. The number of anilines is 1. The van der Waals surface area contributed by atoms with E-state index in [4.69, 9.17) is 21.4 Å². The van der Waals surface area contributed by atoms with Crippen LogP contribution in [-0.2, 0) is 9.53 Å². The highest BCUT2D eigenvalue weighted by molar-refractivity contribution is 7.71. The molecule has 1 aromatic heterocycles. The first-order chi connectivity index (χ1) is 11.1. The van der Waals surface area contributed by atoms with Crippen molar-refractivity contribution in [2.45, 2.75) is 20.3 Å². The van der Waals surface area contributed by atoms with Gasteiger partial charge in [0, 0.05) is 30.6 Å². The summed E-state index contributed by atoms with van der Waals surface area (Å²) in [5.74, 6) is -0.388. The van der Waals surface area contributed by atoms with Crippen LogP contribution >= 0.6 is 12.2 Å². The second-order valence-corrected chi connectivity index (χ2v) is 5.61. The number of benzene rings is 1. The van der Waals surface area contributed by atoms with Crippen molar-refractivity contribution in [1.29, 1.82) is 0 Å². The average molecular weight is 331 g/mol. The summed E-state index contributed by atoms with van der Waals surface area (Å²) in [6.07, 6.45) is 1.91. The molecule has 0 N–H and O–H groups in total. The maximum Gasteiger partial charge on any atom is 0.330 e. The lowest BCUT2D eigenvalue weighted by atomic mass is 10.1. The Balaban J connectivity index is 2.22. The predicted molar refractivity (Wildman–Crippen MR) is 95.4 cm³/mol. The summed E-state index contributed by atoms with van der Waals surface area (Å²) in [6, 6.07) is 7.95. The lowest BCUT2D eigenvalue weighted by Crippen LogP contribution is -2.25. The highest BCUT2D eigenvalue weighted by Gasteiger charge is 2.12. The monoisotopic (exact) mass is 331 g/mol. The largest absolute Gasteiger partial charge is 0.462 e. The topological polar surface area (TPSA) is 42.7 Å². The molecule has 2 aromatic rings.